The van der Waals surface area contributed by atoms with Gasteiger partial charge >= 0.3 is 0 Å². The summed E-state index contributed by atoms with van der Waals surface area (Å²) in [5.74, 6) is 0. The van der Waals surface area contributed by atoms with Crippen LogP contribution in [0.1, 0.15) is 22.9 Å². The molecule has 0 unspecified atom stereocenters. The van der Waals surface area contributed by atoms with Crippen LogP contribution < -0.4 is 0 Å². The largest absolute Gasteiger partial charge is 0.0842 e. The first-order valence-electron chi connectivity index (χ1n) is 3.41. The van der Waals surface area contributed by atoms with Gasteiger partial charge in [0.05, 0.1) is 0 Å². The number of halogens is 1. The summed E-state index contributed by atoms with van der Waals surface area (Å²) in [6.45, 7) is 4.23. The van der Waals surface area contributed by atoms with Gasteiger partial charge in [0.25, 0.3) is 0 Å². The predicted octanol–water partition coefficient (Wildman–Crippen LogP) is 3.45. The highest BCUT2D eigenvalue weighted by molar-refractivity contribution is 9.09. The molecule has 1 aromatic carbocycles. The van der Waals surface area contributed by atoms with Crippen molar-refractivity contribution in [1.29, 1.82) is 0 Å². The highest BCUT2D eigenvalue weighted by Crippen LogP contribution is 2.21. The molecule has 54 valence electrons. The summed E-state index contributed by atoms with van der Waals surface area (Å²) in [5, 5.41) is 0. The minimum Gasteiger partial charge on any atom is -0.0842 e. The van der Waals surface area contributed by atoms with Crippen molar-refractivity contribution in [3.05, 3.63) is 35.4 Å². The molecule has 1 heteroatoms. The molecule has 0 aromatic heterocycles. The molecule has 0 heterocycles. The van der Waals surface area contributed by atoms with E-state index in [2.05, 4.69) is 54.0 Å². The highest BCUT2D eigenvalue weighted by atomic mass is 79.9. The van der Waals surface area contributed by atoms with Crippen LogP contribution >= 0.6 is 15.9 Å². The summed E-state index contributed by atoms with van der Waals surface area (Å²) < 4.78 is 0. The quantitative estimate of drug-likeness (QED) is 0.607. The second-order valence-corrected chi connectivity index (χ2v) is 3.90. The Morgan fingerprint density at radius 1 is 1.20 bits per heavy atom. The van der Waals surface area contributed by atoms with Gasteiger partial charge < -0.3 is 0 Å². The maximum absolute atomic E-state index is 3.51. The zero-order valence-electron chi connectivity index (χ0n) is 6.26. The molecule has 0 aliphatic rings. The highest BCUT2D eigenvalue weighted by Gasteiger charge is 1.97. The lowest BCUT2D eigenvalue weighted by atomic mass is 10.1. The van der Waals surface area contributed by atoms with E-state index >= 15 is 0 Å². The molecule has 0 aliphatic heterocycles. The normalized spacial score (nSPS) is 13.1. The smallest absolute Gasteiger partial charge is 0.0367 e. The second-order valence-electron chi connectivity index (χ2n) is 2.53. The van der Waals surface area contributed by atoms with Crippen LogP contribution in [0.2, 0.25) is 0 Å². The van der Waals surface area contributed by atoms with Gasteiger partial charge in [0.15, 0.2) is 0 Å². The van der Waals surface area contributed by atoms with Crippen molar-refractivity contribution in [1.82, 2.24) is 0 Å². The maximum atomic E-state index is 3.51. The first-order valence-corrected chi connectivity index (χ1v) is 4.32. The summed E-state index contributed by atoms with van der Waals surface area (Å²) >= 11 is 3.51. The lowest BCUT2D eigenvalue weighted by Gasteiger charge is -2.02. The van der Waals surface area contributed by atoms with Crippen LogP contribution in [0.5, 0.6) is 0 Å². The van der Waals surface area contributed by atoms with Crippen LogP contribution in [0.15, 0.2) is 24.3 Å². The first kappa shape index (κ1) is 7.80. The Bertz CT molecular complexity index is 198. The SMILES string of the molecule is Cc1ccc([C@H](C)Br)cc1. The Kier molecular flexibility index (Phi) is 2.50. The number of alkyl halides is 1. The van der Waals surface area contributed by atoms with Gasteiger partial charge in [-0.3, -0.25) is 0 Å². The molecule has 10 heavy (non-hydrogen) atoms. The van der Waals surface area contributed by atoms with Crippen LogP contribution in [0.4, 0.5) is 0 Å². The number of hydrogen-bond acceptors (Lipinski definition) is 0. The fourth-order valence-corrected chi connectivity index (χ4v) is 1.14. The van der Waals surface area contributed by atoms with Crippen molar-refractivity contribution in [2.45, 2.75) is 18.7 Å². The van der Waals surface area contributed by atoms with Gasteiger partial charge in [0, 0.05) is 4.83 Å². The number of rotatable bonds is 1. The predicted molar refractivity (Wildman–Crippen MR) is 48.5 cm³/mol. The van der Waals surface area contributed by atoms with Gasteiger partial charge in [0.1, 0.15) is 0 Å². The Morgan fingerprint density at radius 3 is 2.10 bits per heavy atom. The summed E-state index contributed by atoms with van der Waals surface area (Å²) in [5.41, 5.74) is 2.66. The van der Waals surface area contributed by atoms with Crippen molar-refractivity contribution >= 4 is 15.9 Å². The molecule has 1 rings (SSSR count). The molecule has 0 nitrogen and oxygen atoms in total. The topological polar surface area (TPSA) is 0 Å². The van der Waals surface area contributed by atoms with Crippen LogP contribution in [0.3, 0.4) is 0 Å². The molecule has 0 fully saturated rings. The Labute approximate surface area is 70.4 Å². The molecular weight excluding hydrogens is 188 g/mol. The minimum absolute atomic E-state index is 0.466. The van der Waals surface area contributed by atoms with Crippen LogP contribution in [-0.2, 0) is 0 Å². The van der Waals surface area contributed by atoms with Crippen molar-refractivity contribution < 1.29 is 0 Å². The van der Waals surface area contributed by atoms with Crippen molar-refractivity contribution in [3.8, 4) is 0 Å². The molecule has 0 spiro atoms. The minimum atomic E-state index is 0.466. The zero-order chi connectivity index (χ0) is 7.56. The molecule has 0 bridgehead atoms. The average Bonchev–Trinajstić information content (AvgIpc) is 1.88. The van der Waals surface area contributed by atoms with E-state index in [1.54, 1.807) is 0 Å². The molecule has 0 saturated heterocycles. The molecule has 0 N–H and O–H groups in total. The van der Waals surface area contributed by atoms with E-state index in [0.717, 1.165) is 0 Å². The van der Waals surface area contributed by atoms with E-state index < -0.39 is 0 Å². The van der Waals surface area contributed by atoms with E-state index in [1.807, 2.05) is 0 Å². The second kappa shape index (κ2) is 3.20. The lowest BCUT2D eigenvalue weighted by Crippen LogP contribution is -1.82. The van der Waals surface area contributed by atoms with Crippen molar-refractivity contribution in [2.24, 2.45) is 0 Å². The zero-order valence-corrected chi connectivity index (χ0v) is 7.85. The summed E-state index contributed by atoms with van der Waals surface area (Å²) in [7, 11) is 0. The van der Waals surface area contributed by atoms with Crippen molar-refractivity contribution in [3.63, 3.8) is 0 Å². The molecule has 0 radical (unpaired) electrons. The van der Waals surface area contributed by atoms with Gasteiger partial charge in [-0.15, -0.1) is 0 Å². The third-order valence-corrected chi connectivity index (χ3v) is 2.07. The summed E-state index contributed by atoms with van der Waals surface area (Å²) in [6, 6.07) is 8.56. The van der Waals surface area contributed by atoms with Gasteiger partial charge in [-0.2, -0.15) is 0 Å². The fourth-order valence-electron chi connectivity index (χ4n) is 0.832. The molecular formula is C9H11Br. The van der Waals surface area contributed by atoms with E-state index in [1.165, 1.54) is 11.1 Å². The first-order chi connectivity index (χ1) is 4.70. The van der Waals surface area contributed by atoms with E-state index in [4.69, 9.17) is 0 Å². The maximum Gasteiger partial charge on any atom is 0.0367 e. The van der Waals surface area contributed by atoms with Gasteiger partial charge in [-0.25, -0.2) is 0 Å². The Balaban J connectivity index is 2.89. The van der Waals surface area contributed by atoms with E-state index in [-0.39, 0.29) is 0 Å². The average molecular weight is 199 g/mol. The third kappa shape index (κ3) is 1.84. The molecule has 1 atom stereocenters. The Hall–Kier alpha value is -0.300. The van der Waals surface area contributed by atoms with Gasteiger partial charge in [0.2, 0.25) is 0 Å². The number of benzene rings is 1. The number of aryl methyl sites for hydroxylation is 1. The van der Waals surface area contributed by atoms with Gasteiger partial charge in [-0.05, 0) is 19.4 Å². The van der Waals surface area contributed by atoms with Gasteiger partial charge in [-0.1, -0.05) is 45.8 Å². The Morgan fingerprint density at radius 2 is 1.70 bits per heavy atom. The third-order valence-electron chi connectivity index (χ3n) is 1.54. The van der Waals surface area contributed by atoms with Crippen LogP contribution in [-0.4, -0.2) is 0 Å². The standard InChI is InChI=1S/C9H11Br/c1-7-3-5-9(6-4-7)8(2)10/h3-6,8H,1-2H3/t8-/m0/s1. The summed E-state index contributed by atoms with van der Waals surface area (Å²) in [6.07, 6.45) is 0. The molecule has 0 amide bonds. The molecule has 0 saturated carbocycles. The molecule has 1 aromatic rings. The fraction of sp³-hybridized carbons (Fsp3) is 0.333. The summed E-state index contributed by atoms with van der Waals surface area (Å²) in [4.78, 5) is 0.466. The number of hydrogen-bond donors (Lipinski definition) is 0. The molecule has 0 aliphatic carbocycles. The van der Waals surface area contributed by atoms with Crippen molar-refractivity contribution in [2.75, 3.05) is 0 Å². The van der Waals surface area contributed by atoms with Crippen LogP contribution in [0, 0.1) is 6.92 Å². The van der Waals surface area contributed by atoms with Crippen LogP contribution in [0.25, 0.3) is 0 Å². The monoisotopic (exact) mass is 198 g/mol. The van der Waals surface area contributed by atoms with E-state index in [9.17, 15) is 0 Å². The lowest BCUT2D eigenvalue weighted by molar-refractivity contribution is 1.12. The van der Waals surface area contributed by atoms with E-state index in [0.29, 0.717) is 4.83 Å².